The van der Waals surface area contributed by atoms with E-state index in [0.29, 0.717) is 18.7 Å². The summed E-state index contributed by atoms with van der Waals surface area (Å²) in [5.74, 6) is 13.2. The molecule has 160 valence electrons. The van der Waals surface area contributed by atoms with Gasteiger partial charge in [-0.05, 0) is 31.1 Å². The van der Waals surface area contributed by atoms with Gasteiger partial charge in [0.2, 0.25) is 5.91 Å². The second kappa shape index (κ2) is 24.0. The summed E-state index contributed by atoms with van der Waals surface area (Å²) in [5, 5.41) is 2.85. The van der Waals surface area contributed by atoms with Gasteiger partial charge in [0, 0.05) is 31.6 Å². The van der Waals surface area contributed by atoms with E-state index in [4.69, 9.17) is 0 Å². The number of nitrogens with one attached hydrogen (secondary N) is 1. The third kappa shape index (κ3) is 23.0. The molecule has 0 fully saturated rings. The summed E-state index contributed by atoms with van der Waals surface area (Å²) in [4.78, 5) is 11.4. The van der Waals surface area contributed by atoms with Crippen molar-refractivity contribution in [2.45, 2.75) is 116 Å². The molecule has 0 rings (SSSR count). The van der Waals surface area contributed by atoms with E-state index in [-0.39, 0.29) is 5.91 Å². The number of carbonyl (C=O) groups is 1. The van der Waals surface area contributed by atoms with Gasteiger partial charge in [0.1, 0.15) is 0 Å². The Labute approximate surface area is 180 Å². The van der Waals surface area contributed by atoms with E-state index in [9.17, 15) is 4.79 Å². The number of amides is 1. The van der Waals surface area contributed by atoms with Gasteiger partial charge in [-0.2, -0.15) is 12.6 Å². The molecule has 0 aromatic rings. The zero-order valence-corrected chi connectivity index (χ0v) is 19.2. The molecule has 0 spiro atoms. The van der Waals surface area contributed by atoms with E-state index >= 15 is 0 Å². The molecule has 0 radical (unpaired) electrons. The zero-order valence-electron chi connectivity index (χ0n) is 18.3. The average Bonchev–Trinajstić information content (AvgIpc) is 2.70. The lowest BCUT2D eigenvalue weighted by Crippen LogP contribution is -2.24. The number of thiol groups is 1. The Bertz CT molecular complexity index is 466. The van der Waals surface area contributed by atoms with Crippen LogP contribution in [0.15, 0.2) is 0 Å². The molecule has 0 aliphatic heterocycles. The van der Waals surface area contributed by atoms with Crippen molar-refractivity contribution in [3.63, 3.8) is 0 Å². The maximum Gasteiger partial charge on any atom is 0.220 e. The molecular weight excluding hydrogens is 362 g/mol. The Kier molecular flexibility index (Phi) is 23.1. The monoisotopic (exact) mass is 405 g/mol. The van der Waals surface area contributed by atoms with Crippen molar-refractivity contribution in [1.29, 1.82) is 0 Å². The highest BCUT2D eigenvalue weighted by Gasteiger charge is 1.99. The van der Waals surface area contributed by atoms with Crippen LogP contribution in [-0.2, 0) is 4.79 Å². The molecule has 0 atom stereocenters. The van der Waals surface area contributed by atoms with Gasteiger partial charge in [-0.3, -0.25) is 4.79 Å². The molecule has 0 aliphatic carbocycles. The van der Waals surface area contributed by atoms with Crippen molar-refractivity contribution in [2.75, 3.05) is 12.3 Å². The van der Waals surface area contributed by atoms with E-state index in [2.05, 4.69) is 48.6 Å². The fourth-order valence-electron chi connectivity index (χ4n) is 3.05. The molecule has 0 aromatic carbocycles. The molecule has 3 heteroatoms. The lowest BCUT2D eigenvalue weighted by molar-refractivity contribution is -0.121. The molecule has 0 aromatic heterocycles. The molecular formula is C25H43NOS. The summed E-state index contributed by atoms with van der Waals surface area (Å²) in [5.41, 5.74) is 0. The summed E-state index contributed by atoms with van der Waals surface area (Å²) >= 11 is 4.08. The lowest BCUT2D eigenvalue weighted by atomic mass is 10.1. The highest BCUT2D eigenvalue weighted by molar-refractivity contribution is 7.80. The normalized spacial score (nSPS) is 9.93. The SMILES string of the molecule is CCCCCCCCCCC#CC#CCCCCCCCCC(=O)NCCS. The number of rotatable bonds is 18. The van der Waals surface area contributed by atoms with E-state index in [0.717, 1.165) is 32.1 Å². The van der Waals surface area contributed by atoms with Crippen LogP contribution < -0.4 is 5.32 Å². The number of carbonyl (C=O) groups excluding carboxylic acids is 1. The van der Waals surface area contributed by atoms with Crippen LogP contribution in [0.3, 0.4) is 0 Å². The molecule has 2 nitrogen and oxygen atoms in total. The van der Waals surface area contributed by atoms with Crippen LogP contribution in [0.1, 0.15) is 116 Å². The summed E-state index contributed by atoms with van der Waals surface area (Å²) in [6, 6.07) is 0. The Morgan fingerprint density at radius 2 is 1.18 bits per heavy atom. The summed E-state index contributed by atoms with van der Waals surface area (Å²) in [6.45, 7) is 2.94. The Morgan fingerprint density at radius 1 is 0.714 bits per heavy atom. The van der Waals surface area contributed by atoms with Gasteiger partial charge in [-0.15, -0.1) is 0 Å². The number of unbranched alkanes of at least 4 members (excludes halogenated alkanes) is 14. The van der Waals surface area contributed by atoms with Gasteiger partial charge in [0.25, 0.3) is 0 Å². The minimum absolute atomic E-state index is 0.160. The minimum Gasteiger partial charge on any atom is -0.355 e. The second-order valence-electron chi connectivity index (χ2n) is 7.52. The largest absolute Gasteiger partial charge is 0.355 e. The Morgan fingerprint density at radius 3 is 1.68 bits per heavy atom. The van der Waals surface area contributed by atoms with Gasteiger partial charge < -0.3 is 5.32 Å². The van der Waals surface area contributed by atoms with Crippen molar-refractivity contribution < 1.29 is 4.79 Å². The summed E-state index contributed by atoms with van der Waals surface area (Å²) in [6.07, 6.45) is 20.4. The first kappa shape index (κ1) is 26.9. The average molecular weight is 406 g/mol. The van der Waals surface area contributed by atoms with Crippen molar-refractivity contribution in [3.05, 3.63) is 0 Å². The lowest BCUT2D eigenvalue weighted by Gasteiger charge is -2.03. The molecule has 1 N–H and O–H groups in total. The molecule has 0 unspecified atom stereocenters. The van der Waals surface area contributed by atoms with Crippen LogP contribution in [0.2, 0.25) is 0 Å². The topological polar surface area (TPSA) is 29.1 Å². The zero-order chi connectivity index (χ0) is 20.5. The van der Waals surface area contributed by atoms with Crippen molar-refractivity contribution >= 4 is 18.5 Å². The second-order valence-corrected chi connectivity index (χ2v) is 7.97. The van der Waals surface area contributed by atoms with Crippen LogP contribution in [0.4, 0.5) is 0 Å². The highest BCUT2D eigenvalue weighted by Crippen LogP contribution is 2.09. The van der Waals surface area contributed by atoms with Crippen LogP contribution in [0.25, 0.3) is 0 Å². The van der Waals surface area contributed by atoms with Gasteiger partial charge >= 0.3 is 0 Å². The van der Waals surface area contributed by atoms with Gasteiger partial charge in [-0.1, -0.05) is 89.4 Å². The van der Waals surface area contributed by atoms with Crippen LogP contribution in [-0.4, -0.2) is 18.2 Å². The van der Waals surface area contributed by atoms with Crippen molar-refractivity contribution in [2.24, 2.45) is 0 Å². The Hall–Kier alpha value is -1.06. The van der Waals surface area contributed by atoms with E-state index in [1.165, 1.54) is 70.6 Å². The molecule has 0 aliphatic rings. The maximum absolute atomic E-state index is 11.4. The fraction of sp³-hybridized carbons (Fsp3) is 0.800. The van der Waals surface area contributed by atoms with Crippen LogP contribution in [0.5, 0.6) is 0 Å². The third-order valence-electron chi connectivity index (χ3n) is 4.78. The minimum atomic E-state index is 0.160. The van der Waals surface area contributed by atoms with Gasteiger partial charge in [0.05, 0.1) is 0 Å². The van der Waals surface area contributed by atoms with E-state index in [1.807, 2.05) is 0 Å². The van der Waals surface area contributed by atoms with Crippen molar-refractivity contribution in [1.82, 2.24) is 5.32 Å². The number of hydrogen-bond donors (Lipinski definition) is 2. The molecule has 0 heterocycles. The molecule has 0 saturated carbocycles. The summed E-state index contributed by atoms with van der Waals surface area (Å²) in [7, 11) is 0. The van der Waals surface area contributed by atoms with E-state index in [1.54, 1.807) is 0 Å². The standard InChI is InChI=1S/C25H43NOS/c1-2-3-4-5-6-7-8-9-10-11-12-13-14-15-16-17-18-19-20-21-22-25(27)26-23-24-28/h28H,2-10,15-24H2,1H3,(H,26,27). The molecule has 28 heavy (non-hydrogen) atoms. The highest BCUT2D eigenvalue weighted by atomic mass is 32.1. The van der Waals surface area contributed by atoms with Crippen LogP contribution in [0, 0.1) is 23.7 Å². The number of hydrogen-bond acceptors (Lipinski definition) is 2. The first-order valence-corrected chi connectivity index (χ1v) is 12.3. The molecule has 0 bridgehead atoms. The van der Waals surface area contributed by atoms with E-state index < -0.39 is 0 Å². The molecule has 0 saturated heterocycles. The quantitative estimate of drug-likeness (QED) is 0.148. The first-order valence-electron chi connectivity index (χ1n) is 11.6. The van der Waals surface area contributed by atoms with Gasteiger partial charge in [-0.25, -0.2) is 0 Å². The maximum atomic E-state index is 11.4. The predicted molar refractivity (Wildman–Crippen MR) is 127 cm³/mol. The summed E-state index contributed by atoms with van der Waals surface area (Å²) < 4.78 is 0. The fourth-order valence-corrected chi connectivity index (χ4v) is 3.16. The molecule has 1 amide bonds. The predicted octanol–water partition coefficient (Wildman–Crippen LogP) is 6.69. The Balaban J connectivity index is 3.29. The third-order valence-corrected chi connectivity index (χ3v) is 5.01. The van der Waals surface area contributed by atoms with Crippen molar-refractivity contribution in [3.8, 4) is 23.7 Å². The van der Waals surface area contributed by atoms with Crippen LogP contribution >= 0.6 is 12.6 Å². The van der Waals surface area contributed by atoms with Gasteiger partial charge in [0.15, 0.2) is 0 Å². The first-order chi connectivity index (χ1) is 13.8. The smallest absolute Gasteiger partial charge is 0.220 e.